The van der Waals surface area contributed by atoms with Crippen molar-refractivity contribution in [3.05, 3.63) is 12.4 Å². The van der Waals surface area contributed by atoms with Crippen LogP contribution in [-0.4, -0.2) is 34.6 Å². The van der Waals surface area contributed by atoms with Gasteiger partial charge in [0.25, 0.3) is 0 Å². The maximum atomic E-state index is 4.44. The highest BCUT2D eigenvalue weighted by Gasteiger charge is 2.03. The molecule has 5 heteroatoms. The average molecular weight is 240 g/mol. The lowest BCUT2D eigenvalue weighted by atomic mass is 10.4. The van der Waals surface area contributed by atoms with Gasteiger partial charge < -0.3 is 10.6 Å². The van der Waals surface area contributed by atoms with Crippen LogP contribution in [0, 0.1) is 0 Å². The molecular formula is C11H20N4S. The molecule has 1 heterocycles. The van der Waals surface area contributed by atoms with Gasteiger partial charge in [-0.15, -0.1) is 0 Å². The van der Waals surface area contributed by atoms with Gasteiger partial charge >= 0.3 is 0 Å². The first kappa shape index (κ1) is 13.1. The summed E-state index contributed by atoms with van der Waals surface area (Å²) < 4.78 is 0. The summed E-state index contributed by atoms with van der Waals surface area (Å²) in [6, 6.07) is 0.408. The van der Waals surface area contributed by atoms with E-state index in [9.17, 15) is 0 Å². The Morgan fingerprint density at radius 2 is 2.12 bits per heavy atom. The van der Waals surface area contributed by atoms with Crippen molar-refractivity contribution >= 4 is 23.4 Å². The summed E-state index contributed by atoms with van der Waals surface area (Å²) in [7, 11) is 0. The zero-order valence-corrected chi connectivity index (χ0v) is 11.0. The van der Waals surface area contributed by atoms with E-state index in [1.165, 1.54) is 0 Å². The molecule has 0 radical (unpaired) electrons. The number of hydrogen-bond acceptors (Lipinski definition) is 5. The monoisotopic (exact) mass is 240 g/mol. The van der Waals surface area contributed by atoms with E-state index in [2.05, 4.69) is 40.7 Å². The minimum absolute atomic E-state index is 0.408. The summed E-state index contributed by atoms with van der Waals surface area (Å²) in [6.45, 7) is 5.20. The second-order valence-electron chi connectivity index (χ2n) is 3.72. The molecule has 16 heavy (non-hydrogen) atoms. The average Bonchev–Trinajstić information content (AvgIpc) is 2.27. The van der Waals surface area contributed by atoms with Gasteiger partial charge in [0.05, 0.1) is 12.4 Å². The molecule has 1 unspecified atom stereocenters. The zero-order valence-electron chi connectivity index (χ0n) is 10.2. The number of anilines is 2. The van der Waals surface area contributed by atoms with E-state index < -0.39 is 0 Å². The molecule has 0 aliphatic heterocycles. The van der Waals surface area contributed by atoms with Crippen LogP contribution >= 0.6 is 11.8 Å². The molecule has 1 aromatic heterocycles. The Bertz CT molecular complexity index is 306. The van der Waals surface area contributed by atoms with Crippen molar-refractivity contribution in [2.24, 2.45) is 0 Å². The van der Waals surface area contributed by atoms with Gasteiger partial charge in [-0.2, -0.15) is 11.8 Å². The maximum Gasteiger partial charge on any atom is 0.147 e. The molecule has 2 N–H and O–H groups in total. The van der Waals surface area contributed by atoms with Crippen molar-refractivity contribution in [3.8, 4) is 0 Å². The van der Waals surface area contributed by atoms with E-state index in [0.717, 1.165) is 30.4 Å². The molecule has 1 atom stereocenters. The number of aromatic nitrogens is 2. The summed E-state index contributed by atoms with van der Waals surface area (Å²) in [5, 5.41) is 6.55. The topological polar surface area (TPSA) is 49.8 Å². The highest BCUT2D eigenvalue weighted by atomic mass is 32.2. The molecule has 0 amide bonds. The SMILES string of the molecule is CCCNc1cncc(NC(C)CSC)n1. The lowest BCUT2D eigenvalue weighted by Crippen LogP contribution is -2.19. The summed E-state index contributed by atoms with van der Waals surface area (Å²) in [4.78, 5) is 8.59. The number of nitrogens with one attached hydrogen (secondary N) is 2. The molecule has 0 aliphatic rings. The van der Waals surface area contributed by atoms with Crippen LogP contribution < -0.4 is 10.6 Å². The van der Waals surface area contributed by atoms with Gasteiger partial charge in [0.2, 0.25) is 0 Å². The Balaban J connectivity index is 2.52. The quantitative estimate of drug-likeness (QED) is 0.766. The Kier molecular flexibility index (Phi) is 6.00. The van der Waals surface area contributed by atoms with Gasteiger partial charge in [-0.1, -0.05) is 6.92 Å². The van der Waals surface area contributed by atoms with Gasteiger partial charge in [0, 0.05) is 18.3 Å². The van der Waals surface area contributed by atoms with Gasteiger partial charge in [0.15, 0.2) is 0 Å². The number of hydrogen-bond donors (Lipinski definition) is 2. The second kappa shape index (κ2) is 7.33. The Hall–Kier alpha value is -0.970. The maximum absolute atomic E-state index is 4.44. The minimum atomic E-state index is 0.408. The number of thioether (sulfide) groups is 1. The Morgan fingerprint density at radius 1 is 1.38 bits per heavy atom. The molecule has 0 aromatic carbocycles. The summed E-state index contributed by atoms with van der Waals surface area (Å²) in [5.74, 6) is 2.74. The van der Waals surface area contributed by atoms with Crippen LogP contribution in [-0.2, 0) is 0 Å². The van der Waals surface area contributed by atoms with Crippen LogP contribution in [0.3, 0.4) is 0 Å². The van der Waals surface area contributed by atoms with Crippen molar-refractivity contribution < 1.29 is 0 Å². The van der Waals surface area contributed by atoms with E-state index in [-0.39, 0.29) is 0 Å². The molecule has 4 nitrogen and oxygen atoms in total. The normalized spacial score (nSPS) is 12.2. The van der Waals surface area contributed by atoms with Crippen LogP contribution in [0.5, 0.6) is 0 Å². The minimum Gasteiger partial charge on any atom is -0.369 e. The standard InChI is InChI=1S/C11H20N4S/c1-4-5-13-10-6-12-7-11(15-10)14-9(2)8-16-3/h6-7,9H,4-5,8H2,1-3H3,(H2,13,14,15). The zero-order chi connectivity index (χ0) is 11.8. The molecule has 0 saturated heterocycles. The molecule has 90 valence electrons. The van der Waals surface area contributed by atoms with Crippen molar-refractivity contribution in [1.29, 1.82) is 0 Å². The molecule has 0 bridgehead atoms. The lowest BCUT2D eigenvalue weighted by molar-refractivity contribution is 0.896. The summed E-state index contributed by atoms with van der Waals surface area (Å²) >= 11 is 1.82. The van der Waals surface area contributed by atoms with E-state index in [4.69, 9.17) is 0 Å². The van der Waals surface area contributed by atoms with Crippen molar-refractivity contribution in [2.75, 3.05) is 29.2 Å². The fraction of sp³-hybridized carbons (Fsp3) is 0.636. The van der Waals surface area contributed by atoms with Gasteiger partial charge in [-0.25, -0.2) is 4.98 Å². The largest absolute Gasteiger partial charge is 0.369 e. The number of rotatable bonds is 7. The van der Waals surface area contributed by atoms with Crippen LogP contribution in [0.4, 0.5) is 11.6 Å². The van der Waals surface area contributed by atoms with E-state index in [1.54, 1.807) is 12.4 Å². The summed E-state index contributed by atoms with van der Waals surface area (Å²) in [5.41, 5.74) is 0. The predicted molar refractivity (Wildman–Crippen MR) is 72.3 cm³/mol. The van der Waals surface area contributed by atoms with Crippen LogP contribution in [0.2, 0.25) is 0 Å². The van der Waals surface area contributed by atoms with Crippen molar-refractivity contribution in [2.45, 2.75) is 26.3 Å². The molecule has 0 saturated carbocycles. The van der Waals surface area contributed by atoms with E-state index in [0.29, 0.717) is 6.04 Å². The van der Waals surface area contributed by atoms with Gasteiger partial charge in [-0.3, -0.25) is 4.98 Å². The van der Waals surface area contributed by atoms with Crippen LogP contribution in [0.25, 0.3) is 0 Å². The lowest BCUT2D eigenvalue weighted by Gasteiger charge is -2.13. The molecule has 1 aromatic rings. The highest BCUT2D eigenvalue weighted by molar-refractivity contribution is 7.98. The van der Waals surface area contributed by atoms with E-state index in [1.807, 2.05) is 11.8 Å². The van der Waals surface area contributed by atoms with Gasteiger partial charge in [0.1, 0.15) is 11.6 Å². The van der Waals surface area contributed by atoms with Crippen molar-refractivity contribution in [3.63, 3.8) is 0 Å². The first-order valence-corrected chi connectivity index (χ1v) is 6.97. The molecule has 1 rings (SSSR count). The second-order valence-corrected chi connectivity index (χ2v) is 4.63. The molecule has 0 aliphatic carbocycles. The predicted octanol–water partition coefficient (Wildman–Crippen LogP) is 2.46. The van der Waals surface area contributed by atoms with Crippen LogP contribution in [0.1, 0.15) is 20.3 Å². The molecule has 0 spiro atoms. The fourth-order valence-electron chi connectivity index (χ4n) is 1.32. The Morgan fingerprint density at radius 3 is 2.81 bits per heavy atom. The third-order valence-corrected chi connectivity index (χ3v) is 2.83. The fourth-order valence-corrected chi connectivity index (χ4v) is 1.90. The smallest absolute Gasteiger partial charge is 0.147 e. The number of nitrogens with zero attached hydrogens (tertiary/aromatic N) is 2. The highest BCUT2D eigenvalue weighted by Crippen LogP contribution is 2.09. The first-order valence-electron chi connectivity index (χ1n) is 5.57. The van der Waals surface area contributed by atoms with E-state index >= 15 is 0 Å². The molecular weight excluding hydrogens is 220 g/mol. The first-order chi connectivity index (χ1) is 7.76. The molecule has 0 fully saturated rings. The summed E-state index contributed by atoms with van der Waals surface area (Å²) in [6.07, 6.45) is 6.69. The van der Waals surface area contributed by atoms with Crippen LogP contribution in [0.15, 0.2) is 12.4 Å². The third-order valence-electron chi connectivity index (χ3n) is 2.00. The third kappa shape index (κ3) is 4.70. The Labute approximate surface area is 102 Å². The van der Waals surface area contributed by atoms with Gasteiger partial charge in [-0.05, 0) is 19.6 Å². The van der Waals surface area contributed by atoms with Crippen molar-refractivity contribution in [1.82, 2.24) is 9.97 Å².